The summed E-state index contributed by atoms with van der Waals surface area (Å²) in [6, 6.07) is 16.6. The molecule has 4 heterocycles. The van der Waals surface area contributed by atoms with Gasteiger partial charge in [0, 0.05) is 68.7 Å². The van der Waals surface area contributed by atoms with Crippen molar-refractivity contribution in [2.24, 2.45) is 0 Å². The summed E-state index contributed by atoms with van der Waals surface area (Å²) in [6.45, 7) is 17.2. The lowest BCUT2D eigenvalue weighted by molar-refractivity contribution is 0.0993. The maximum atomic E-state index is 13.4. The van der Waals surface area contributed by atoms with Gasteiger partial charge in [0.15, 0.2) is 11.4 Å². The molecule has 2 aromatic carbocycles. The van der Waals surface area contributed by atoms with Crippen LogP contribution in [0, 0.1) is 25.7 Å². The number of anilines is 2. The summed E-state index contributed by atoms with van der Waals surface area (Å²) in [5.74, 6) is 6.70. The highest BCUT2D eigenvalue weighted by Crippen LogP contribution is 2.23. The van der Waals surface area contributed by atoms with Crippen LogP contribution in [0.25, 0.3) is 5.65 Å². The molecule has 236 valence electrons. The predicted octanol–water partition coefficient (Wildman–Crippen LogP) is 6.43. The quantitative estimate of drug-likeness (QED) is 0.153. The number of piperazine rings is 1. The fraction of sp³-hybridized carbons (Fsp3) is 0.342. The van der Waals surface area contributed by atoms with Crippen LogP contribution in [0.5, 0.6) is 0 Å². The van der Waals surface area contributed by atoms with Crippen molar-refractivity contribution in [3.8, 4) is 11.8 Å². The molecule has 1 saturated heterocycles. The first-order valence-corrected chi connectivity index (χ1v) is 16.2. The smallest absolute Gasteiger partial charge is 0.167 e. The van der Waals surface area contributed by atoms with Crippen molar-refractivity contribution in [3.63, 3.8) is 0 Å². The Bertz CT molecular complexity index is 1910. The van der Waals surface area contributed by atoms with Gasteiger partial charge in [0.2, 0.25) is 0 Å². The molecule has 1 aliphatic heterocycles. The van der Waals surface area contributed by atoms with Crippen LogP contribution in [0.4, 0.5) is 11.4 Å². The lowest BCUT2D eigenvalue weighted by Crippen LogP contribution is -2.45. The van der Waals surface area contributed by atoms with Gasteiger partial charge in [0.25, 0.3) is 0 Å². The van der Waals surface area contributed by atoms with E-state index < -0.39 is 0 Å². The number of ketones is 1. The molecule has 0 aliphatic carbocycles. The van der Waals surface area contributed by atoms with E-state index in [0.717, 1.165) is 78.7 Å². The van der Waals surface area contributed by atoms with Crippen molar-refractivity contribution in [2.75, 3.05) is 38.0 Å². The molecule has 0 amide bonds. The van der Waals surface area contributed by atoms with Gasteiger partial charge >= 0.3 is 0 Å². The van der Waals surface area contributed by atoms with Gasteiger partial charge in [0.1, 0.15) is 5.69 Å². The molecule has 3 aromatic heterocycles. The number of nitrogens with zero attached hydrogens (tertiary/aromatic N) is 6. The third-order valence-electron chi connectivity index (χ3n) is 8.91. The lowest BCUT2D eigenvalue weighted by Gasteiger charge is -2.34. The summed E-state index contributed by atoms with van der Waals surface area (Å²) in [4.78, 5) is 23.1. The highest BCUT2D eigenvalue weighted by molar-refractivity contribution is 5.98. The van der Waals surface area contributed by atoms with Crippen LogP contribution in [0.2, 0.25) is 0 Å². The number of hydrogen-bond donors (Lipinski definition) is 1. The van der Waals surface area contributed by atoms with E-state index in [1.165, 1.54) is 11.1 Å². The molecule has 5 aromatic rings. The number of Topliss-reactive ketones (excluding diaryl/α,β-unsaturated/α-hetero) is 1. The summed E-state index contributed by atoms with van der Waals surface area (Å²) < 4.78 is 3.89. The lowest BCUT2D eigenvalue weighted by atomic mass is 9.96. The number of fused-ring (bicyclic) bond motifs is 1. The minimum atomic E-state index is 0.0946. The molecule has 0 unspecified atom stereocenters. The predicted molar refractivity (Wildman–Crippen MR) is 185 cm³/mol. The Morgan fingerprint density at radius 2 is 1.76 bits per heavy atom. The van der Waals surface area contributed by atoms with Gasteiger partial charge in [-0.3, -0.25) is 18.8 Å². The van der Waals surface area contributed by atoms with Crippen molar-refractivity contribution in [2.45, 2.75) is 53.6 Å². The first-order valence-electron chi connectivity index (χ1n) is 16.2. The van der Waals surface area contributed by atoms with Crippen LogP contribution < -0.4 is 5.32 Å². The molecule has 0 atom stereocenters. The molecule has 0 spiro atoms. The zero-order valence-corrected chi connectivity index (χ0v) is 27.5. The van der Waals surface area contributed by atoms with Crippen LogP contribution in [0.3, 0.4) is 0 Å². The molecule has 8 heteroatoms. The number of benzene rings is 2. The second kappa shape index (κ2) is 13.7. The fourth-order valence-electron chi connectivity index (χ4n) is 5.94. The Kier molecular flexibility index (Phi) is 9.34. The molecular weight excluding hydrogens is 570 g/mol. The van der Waals surface area contributed by atoms with Gasteiger partial charge in [-0.05, 0) is 80.6 Å². The number of carbonyl (C=O) groups is 1. The van der Waals surface area contributed by atoms with E-state index in [0.29, 0.717) is 12.0 Å². The van der Waals surface area contributed by atoms with E-state index >= 15 is 0 Å². The highest BCUT2D eigenvalue weighted by atomic mass is 16.1. The maximum absolute atomic E-state index is 13.4. The van der Waals surface area contributed by atoms with Crippen LogP contribution in [0.15, 0.2) is 73.3 Å². The number of likely N-dealkylation sites (N-methyl/N-ethyl adjacent to an activating group) is 1. The number of nitrogens with one attached hydrogen (secondary N) is 1. The normalized spacial score (nSPS) is 14.0. The van der Waals surface area contributed by atoms with Crippen molar-refractivity contribution < 1.29 is 4.79 Å². The Balaban J connectivity index is 1.14. The van der Waals surface area contributed by atoms with Crippen LogP contribution in [-0.2, 0) is 13.0 Å². The average Bonchev–Trinajstić information content (AvgIpc) is 3.70. The Labute approximate surface area is 272 Å². The van der Waals surface area contributed by atoms with E-state index in [1.807, 2.05) is 64.9 Å². The summed E-state index contributed by atoms with van der Waals surface area (Å²) in [7, 11) is 0. The van der Waals surface area contributed by atoms with E-state index in [-0.39, 0.29) is 11.8 Å². The highest BCUT2D eigenvalue weighted by Gasteiger charge is 2.17. The largest absolute Gasteiger partial charge is 0.350 e. The Hall–Kier alpha value is -4.71. The number of hydrogen-bond acceptors (Lipinski definition) is 6. The fourth-order valence-corrected chi connectivity index (χ4v) is 5.94. The van der Waals surface area contributed by atoms with Gasteiger partial charge in [-0.25, -0.2) is 4.98 Å². The SMILES string of the molecule is CCN1CCN(Cc2ccc(CC(=O)c3ccc(C)c(C#Cc4cnc5c(Nc6cnn(C(C)C)c6)cccn45)c3)cc2C)CC1. The number of carbonyl (C=O) groups excluding carboxylic acids is 1. The van der Waals surface area contributed by atoms with Gasteiger partial charge in [-0.15, -0.1) is 0 Å². The minimum absolute atomic E-state index is 0.0946. The van der Waals surface area contributed by atoms with Gasteiger partial charge in [-0.1, -0.05) is 43.2 Å². The molecule has 0 bridgehead atoms. The molecule has 46 heavy (non-hydrogen) atoms. The standard InChI is InChI=1S/C38H43N7O/c1-6-42-16-18-43(19-17-42)25-33-12-10-30(20-29(33)5)21-37(46)32-11-9-28(4)31(22-32)13-14-35-24-39-38-36(8-7-15-44(35)38)41-34-23-40-45(26-34)27(2)3/h7-12,15,20,22-24,26-27,41H,6,16-19,21,25H2,1-5H3. The zero-order valence-electron chi connectivity index (χ0n) is 27.5. The van der Waals surface area contributed by atoms with E-state index in [4.69, 9.17) is 0 Å². The molecule has 1 aliphatic rings. The topological polar surface area (TPSA) is 70.7 Å². The second-order valence-corrected chi connectivity index (χ2v) is 12.5. The van der Waals surface area contributed by atoms with Crippen molar-refractivity contribution >= 4 is 22.8 Å². The Morgan fingerprint density at radius 1 is 0.957 bits per heavy atom. The first kappa shape index (κ1) is 31.3. The summed E-state index contributed by atoms with van der Waals surface area (Å²) in [5, 5.41) is 7.85. The minimum Gasteiger partial charge on any atom is -0.350 e. The zero-order chi connectivity index (χ0) is 32.2. The molecule has 8 nitrogen and oxygen atoms in total. The summed E-state index contributed by atoms with van der Waals surface area (Å²) in [6.07, 6.45) is 7.91. The van der Waals surface area contributed by atoms with Gasteiger partial charge < -0.3 is 10.2 Å². The average molecular weight is 614 g/mol. The molecular formula is C38H43N7O. The third kappa shape index (κ3) is 7.07. The number of aryl methyl sites for hydroxylation is 2. The van der Waals surface area contributed by atoms with Crippen LogP contribution >= 0.6 is 0 Å². The summed E-state index contributed by atoms with van der Waals surface area (Å²) >= 11 is 0. The summed E-state index contributed by atoms with van der Waals surface area (Å²) in [5.41, 5.74) is 9.51. The van der Waals surface area contributed by atoms with Gasteiger partial charge in [0.05, 0.1) is 23.8 Å². The van der Waals surface area contributed by atoms with Crippen LogP contribution in [-0.4, -0.2) is 67.5 Å². The second-order valence-electron chi connectivity index (χ2n) is 12.5. The molecule has 1 fully saturated rings. The number of rotatable bonds is 9. The number of pyridine rings is 1. The molecule has 0 saturated carbocycles. The van der Waals surface area contributed by atoms with E-state index in [9.17, 15) is 4.79 Å². The third-order valence-corrected chi connectivity index (χ3v) is 8.91. The van der Waals surface area contributed by atoms with Crippen molar-refractivity contribution in [3.05, 3.63) is 112 Å². The van der Waals surface area contributed by atoms with E-state index in [2.05, 4.69) is 82.9 Å². The van der Waals surface area contributed by atoms with Crippen molar-refractivity contribution in [1.29, 1.82) is 0 Å². The van der Waals surface area contributed by atoms with E-state index in [1.54, 1.807) is 6.20 Å². The Morgan fingerprint density at radius 3 is 2.50 bits per heavy atom. The number of imidazole rings is 1. The number of aromatic nitrogens is 4. The molecule has 6 rings (SSSR count). The van der Waals surface area contributed by atoms with Crippen molar-refractivity contribution in [1.82, 2.24) is 29.0 Å². The first-order chi connectivity index (χ1) is 22.3. The monoisotopic (exact) mass is 613 g/mol. The van der Waals surface area contributed by atoms with Gasteiger partial charge in [-0.2, -0.15) is 5.10 Å². The molecule has 1 N–H and O–H groups in total. The molecule has 0 radical (unpaired) electrons. The van der Waals surface area contributed by atoms with Crippen LogP contribution in [0.1, 0.15) is 70.7 Å². The maximum Gasteiger partial charge on any atom is 0.167 e.